The monoisotopic (exact) mass is 202 g/mol. The Morgan fingerprint density at radius 3 is 2.64 bits per heavy atom. The highest BCUT2D eigenvalue weighted by Gasteiger charge is 2.09. The molecule has 2 N–H and O–H groups in total. The van der Waals surface area contributed by atoms with E-state index < -0.39 is 0 Å². The van der Waals surface area contributed by atoms with Crippen molar-refractivity contribution < 1.29 is 0 Å². The first kappa shape index (κ1) is 10.1. The SMILES string of the molecule is N#C/C(N)=C(/C#N)c1ccc[c]c1Cl. The van der Waals surface area contributed by atoms with Gasteiger partial charge in [0, 0.05) is 11.6 Å². The van der Waals surface area contributed by atoms with Crippen LogP contribution in [-0.4, -0.2) is 0 Å². The van der Waals surface area contributed by atoms with E-state index in [1.807, 2.05) is 6.07 Å². The number of nitrogens with two attached hydrogens (primary N) is 1. The van der Waals surface area contributed by atoms with Crippen LogP contribution >= 0.6 is 11.6 Å². The molecule has 0 saturated heterocycles. The Labute approximate surface area is 86.6 Å². The summed E-state index contributed by atoms with van der Waals surface area (Å²) < 4.78 is 0. The van der Waals surface area contributed by atoms with E-state index in [0.29, 0.717) is 5.56 Å². The van der Waals surface area contributed by atoms with E-state index in [9.17, 15) is 0 Å². The quantitative estimate of drug-likeness (QED) is 0.707. The normalized spacial score (nSPS) is 11.1. The van der Waals surface area contributed by atoms with Gasteiger partial charge in [-0.15, -0.1) is 0 Å². The van der Waals surface area contributed by atoms with Crippen LogP contribution < -0.4 is 5.73 Å². The van der Waals surface area contributed by atoms with E-state index in [2.05, 4.69) is 6.07 Å². The molecule has 1 aromatic rings. The molecule has 0 amide bonds. The molecular formula is C10H5ClN3. The van der Waals surface area contributed by atoms with E-state index in [0.717, 1.165) is 0 Å². The summed E-state index contributed by atoms with van der Waals surface area (Å²) in [4.78, 5) is 0. The Balaban J connectivity index is 3.39. The molecule has 0 aromatic heterocycles. The first-order valence-electron chi connectivity index (χ1n) is 3.67. The average Bonchev–Trinajstić information content (AvgIpc) is 2.21. The topological polar surface area (TPSA) is 73.6 Å². The van der Waals surface area contributed by atoms with Crippen LogP contribution in [0.3, 0.4) is 0 Å². The zero-order valence-corrected chi connectivity index (χ0v) is 7.84. The molecule has 0 unspecified atom stereocenters. The fourth-order valence-corrected chi connectivity index (χ4v) is 1.15. The van der Waals surface area contributed by atoms with Gasteiger partial charge in [0.25, 0.3) is 0 Å². The van der Waals surface area contributed by atoms with Crippen molar-refractivity contribution >= 4 is 17.2 Å². The number of hydrogen-bond donors (Lipinski definition) is 1. The van der Waals surface area contributed by atoms with Gasteiger partial charge in [0.1, 0.15) is 17.8 Å². The van der Waals surface area contributed by atoms with Gasteiger partial charge in [-0.05, 0) is 0 Å². The molecule has 67 valence electrons. The number of rotatable bonds is 1. The predicted molar refractivity (Wildman–Crippen MR) is 52.6 cm³/mol. The summed E-state index contributed by atoms with van der Waals surface area (Å²) in [5.41, 5.74) is 5.71. The Kier molecular flexibility index (Phi) is 3.12. The van der Waals surface area contributed by atoms with E-state index >= 15 is 0 Å². The van der Waals surface area contributed by atoms with Gasteiger partial charge in [0.2, 0.25) is 0 Å². The first-order chi connectivity index (χ1) is 6.70. The van der Waals surface area contributed by atoms with Crippen LogP contribution in [0.4, 0.5) is 0 Å². The molecule has 3 nitrogen and oxygen atoms in total. The maximum atomic E-state index is 8.79. The van der Waals surface area contributed by atoms with Crippen molar-refractivity contribution in [3.05, 3.63) is 40.5 Å². The van der Waals surface area contributed by atoms with Crippen LogP contribution in [0.25, 0.3) is 5.57 Å². The van der Waals surface area contributed by atoms with Gasteiger partial charge in [-0.25, -0.2) is 0 Å². The minimum atomic E-state index is -0.144. The first-order valence-corrected chi connectivity index (χ1v) is 4.05. The standard InChI is InChI=1S/C10H5ClN3/c11-9-4-2-1-3-7(9)8(5-12)10(14)6-13/h1-3H,14H2/b10-8+. The third-order valence-corrected chi connectivity index (χ3v) is 1.89. The molecule has 14 heavy (non-hydrogen) atoms. The summed E-state index contributed by atoms with van der Waals surface area (Å²) in [6, 6.07) is 11.1. The molecule has 0 aliphatic heterocycles. The van der Waals surface area contributed by atoms with Crippen LogP contribution in [0.15, 0.2) is 23.9 Å². The van der Waals surface area contributed by atoms with E-state index in [1.165, 1.54) is 0 Å². The number of halogens is 1. The minimum Gasteiger partial charge on any atom is -0.389 e. The minimum absolute atomic E-state index is 0.0781. The van der Waals surface area contributed by atoms with Gasteiger partial charge in [-0.2, -0.15) is 10.5 Å². The number of benzene rings is 1. The third-order valence-electron chi connectivity index (χ3n) is 1.58. The Bertz CT molecular complexity index is 463. The van der Waals surface area contributed by atoms with Crippen molar-refractivity contribution in [1.29, 1.82) is 10.5 Å². The predicted octanol–water partition coefficient (Wildman–Crippen LogP) is 1.86. The molecule has 1 rings (SSSR count). The summed E-state index contributed by atoms with van der Waals surface area (Å²) >= 11 is 5.79. The highest BCUT2D eigenvalue weighted by atomic mass is 35.5. The van der Waals surface area contributed by atoms with E-state index in [4.69, 9.17) is 27.9 Å². The van der Waals surface area contributed by atoms with Crippen LogP contribution in [0.2, 0.25) is 5.02 Å². The lowest BCUT2D eigenvalue weighted by Gasteiger charge is -2.01. The molecule has 1 radical (unpaired) electrons. The lowest BCUT2D eigenvalue weighted by Crippen LogP contribution is -1.98. The Morgan fingerprint density at radius 1 is 1.43 bits per heavy atom. The highest BCUT2D eigenvalue weighted by molar-refractivity contribution is 6.32. The number of allylic oxidation sites excluding steroid dienone is 2. The molecule has 4 heteroatoms. The van der Waals surface area contributed by atoms with Crippen molar-refractivity contribution in [2.45, 2.75) is 0 Å². The van der Waals surface area contributed by atoms with Crippen LogP contribution in [-0.2, 0) is 0 Å². The average molecular weight is 203 g/mol. The van der Waals surface area contributed by atoms with E-state index in [1.54, 1.807) is 24.3 Å². The summed E-state index contributed by atoms with van der Waals surface area (Å²) in [7, 11) is 0. The van der Waals surface area contributed by atoms with Crippen LogP contribution in [0.1, 0.15) is 5.56 Å². The fraction of sp³-hybridized carbons (Fsp3) is 0. The maximum absolute atomic E-state index is 8.79. The van der Waals surface area contributed by atoms with Gasteiger partial charge in [0.15, 0.2) is 0 Å². The summed E-state index contributed by atoms with van der Waals surface area (Å²) in [6.07, 6.45) is 0. The molecular weight excluding hydrogens is 198 g/mol. The molecule has 1 aromatic carbocycles. The van der Waals surface area contributed by atoms with Crippen molar-refractivity contribution in [2.24, 2.45) is 5.73 Å². The molecule has 0 aliphatic rings. The third kappa shape index (κ3) is 1.85. The number of nitrogens with zero attached hydrogens (tertiary/aromatic N) is 2. The largest absolute Gasteiger partial charge is 0.389 e. The second kappa shape index (κ2) is 4.32. The highest BCUT2D eigenvalue weighted by Crippen LogP contribution is 2.23. The van der Waals surface area contributed by atoms with Gasteiger partial charge in [-0.1, -0.05) is 29.8 Å². The van der Waals surface area contributed by atoms with E-state index in [-0.39, 0.29) is 16.3 Å². The smallest absolute Gasteiger partial charge is 0.129 e. The molecule has 0 saturated carbocycles. The second-order valence-corrected chi connectivity index (χ2v) is 2.79. The second-order valence-electron chi connectivity index (χ2n) is 2.41. The van der Waals surface area contributed by atoms with Gasteiger partial charge >= 0.3 is 0 Å². The molecule has 0 aliphatic carbocycles. The molecule has 0 heterocycles. The lowest BCUT2D eigenvalue weighted by molar-refractivity contribution is 1.38. The molecule has 0 fully saturated rings. The van der Waals surface area contributed by atoms with Gasteiger partial charge in [-0.3, -0.25) is 0 Å². The number of nitriles is 2. The molecule has 0 atom stereocenters. The Hall–Kier alpha value is -1.97. The molecule has 0 spiro atoms. The summed E-state index contributed by atoms with van der Waals surface area (Å²) in [5.74, 6) is 0. The molecule has 0 bridgehead atoms. The summed E-state index contributed by atoms with van der Waals surface area (Å²) in [6.45, 7) is 0. The zero-order chi connectivity index (χ0) is 10.6. The van der Waals surface area contributed by atoms with Crippen molar-refractivity contribution in [3.63, 3.8) is 0 Å². The summed E-state index contributed by atoms with van der Waals surface area (Å²) in [5, 5.41) is 17.6. The fourth-order valence-electron chi connectivity index (χ4n) is 0.931. The van der Waals surface area contributed by atoms with Crippen LogP contribution in [0.5, 0.6) is 0 Å². The van der Waals surface area contributed by atoms with Crippen molar-refractivity contribution in [1.82, 2.24) is 0 Å². The lowest BCUT2D eigenvalue weighted by atomic mass is 10.1. The van der Waals surface area contributed by atoms with Gasteiger partial charge < -0.3 is 5.73 Å². The van der Waals surface area contributed by atoms with Crippen molar-refractivity contribution in [3.8, 4) is 12.1 Å². The maximum Gasteiger partial charge on any atom is 0.129 e. The zero-order valence-electron chi connectivity index (χ0n) is 7.08. The van der Waals surface area contributed by atoms with Crippen LogP contribution in [0, 0.1) is 28.7 Å². The number of hydrogen-bond acceptors (Lipinski definition) is 3. The Morgan fingerprint density at radius 2 is 2.14 bits per heavy atom. The van der Waals surface area contributed by atoms with Crippen molar-refractivity contribution in [2.75, 3.05) is 0 Å². The van der Waals surface area contributed by atoms with Gasteiger partial charge in [0.05, 0.1) is 10.6 Å².